The average molecular weight is 194 g/mol. The number of aliphatic hydroxyl groups excluding tert-OH is 2. The van der Waals surface area contributed by atoms with Gasteiger partial charge in [0.05, 0.1) is 13.2 Å². The van der Waals surface area contributed by atoms with E-state index in [0.29, 0.717) is 0 Å². The largest absolute Gasteiger partial charge is 0.394 e. The summed E-state index contributed by atoms with van der Waals surface area (Å²) in [5.74, 6) is 0.167. The summed E-state index contributed by atoms with van der Waals surface area (Å²) in [7, 11) is 0. The van der Waals surface area contributed by atoms with Gasteiger partial charge in [-0.1, -0.05) is 0 Å². The van der Waals surface area contributed by atoms with E-state index in [0.717, 1.165) is 13.2 Å². The number of ether oxygens (including phenoxy) is 1. The van der Waals surface area contributed by atoms with Gasteiger partial charge in [0.1, 0.15) is 5.78 Å². The molecule has 2 N–H and O–H groups in total. The molecule has 82 valence electrons. The van der Waals surface area contributed by atoms with Crippen LogP contribution in [-0.2, 0) is 9.53 Å². The Hall–Kier alpha value is -0.450. The smallest absolute Gasteiger partial charge is 0.126 e. The van der Waals surface area contributed by atoms with Crippen LogP contribution in [0.15, 0.2) is 0 Å². The highest BCUT2D eigenvalue weighted by Crippen LogP contribution is 1.64. The van der Waals surface area contributed by atoms with Crippen molar-refractivity contribution in [3.05, 3.63) is 0 Å². The molecule has 0 amide bonds. The minimum Gasteiger partial charge on any atom is -0.394 e. The number of ketones is 1. The van der Waals surface area contributed by atoms with Gasteiger partial charge in [-0.05, 0) is 27.7 Å². The molecule has 0 spiro atoms. The lowest BCUT2D eigenvalue weighted by atomic mass is 10.6. The molecule has 0 aromatic heterocycles. The maximum atomic E-state index is 9.44. The van der Waals surface area contributed by atoms with E-state index in [1.807, 2.05) is 13.8 Å². The Labute approximate surface area is 80.5 Å². The van der Waals surface area contributed by atoms with Gasteiger partial charge in [0, 0.05) is 13.2 Å². The zero-order valence-electron chi connectivity index (χ0n) is 9.04. The van der Waals surface area contributed by atoms with Crippen LogP contribution in [0, 0.1) is 0 Å². The Morgan fingerprint density at radius 1 is 1.08 bits per heavy atom. The van der Waals surface area contributed by atoms with E-state index < -0.39 is 0 Å². The fourth-order valence-corrected chi connectivity index (χ4v) is 0.204. The Balaban J connectivity index is -0.000000117. The maximum Gasteiger partial charge on any atom is 0.126 e. The first-order valence-electron chi connectivity index (χ1n) is 4.33. The minimum atomic E-state index is -0.125. The van der Waals surface area contributed by atoms with Crippen LogP contribution >= 0.6 is 0 Å². The minimum absolute atomic E-state index is 0.125. The molecular weight excluding hydrogens is 172 g/mol. The summed E-state index contributed by atoms with van der Waals surface area (Å²) >= 11 is 0. The van der Waals surface area contributed by atoms with Gasteiger partial charge in [-0.15, -0.1) is 0 Å². The van der Waals surface area contributed by atoms with Gasteiger partial charge in [-0.2, -0.15) is 0 Å². The van der Waals surface area contributed by atoms with Crippen LogP contribution in [0.4, 0.5) is 0 Å². The van der Waals surface area contributed by atoms with E-state index in [1.165, 1.54) is 13.8 Å². The molecule has 0 rings (SSSR count). The van der Waals surface area contributed by atoms with Crippen LogP contribution < -0.4 is 0 Å². The van der Waals surface area contributed by atoms with Crippen LogP contribution in [0.2, 0.25) is 0 Å². The molecule has 4 heteroatoms. The zero-order valence-corrected chi connectivity index (χ0v) is 9.04. The SMILES string of the molecule is CC(C)=O.CCOCC.OCCO. The fourth-order valence-electron chi connectivity index (χ4n) is 0.204. The van der Waals surface area contributed by atoms with Gasteiger partial charge in [0.2, 0.25) is 0 Å². The van der Waals surface area contributed by atoms with Crippen molar-refractivity contribution in [2.75, 3.05) is 26.4 Å². The van der Waals surface area contributed by atoms with Crippen LogP contribution in [0.1, 0.15) is 27.7 Å². The number of hydrogen-bond donors (Lipinski definition) is 2. The monoisotopic (exact) mass is 194 g/mol. The third-order valence-corrected chi connectivity index (χ3v) is 0.508. The third-order valence-electron chi connectivity index (χ3n) is 0.508. The quantitative estimate of drug-likeness (QED) is 0.690. The third kappa shape index (κ3) is 162. The van der Waals surface area contributed by atoms with Gasteiger partial charge in [0.25, 0.3) is 0 Å². The Morgan fingerprint density at radius 3 is 1.31 bits per heavy atom. The molecule has 13 heavy (non-hydrogen) atoms. The van der Waals surface area contributed by atoms with Crippen molar-refractivity contribution >= 4 is 5.78 Å². The van der Waals surface area contributed by atoms with Crippen LogP contribution in [0.3, 0.4) is 0 Å². The molecule has 0 aromatic carbocycles. The molecule has 0 atom stereocenters. The van der Waals surface area contributed by atoms with Crippen molar-refractivity contribution in [1.82, 2.24) is 0 Å². The summed E-state index contributed by atoms with van der Waals surface area (Å²) in [5, 5.41) is 15.2. The van der Waals surface area contributed by atoms with Crippen molar-refractivity contribution in [3.8, 4) is 0 Å². The second-order valence-corrected chi connectivity index (χ2v) is 2.14. The molecule has 0 aliphatic rings. The van der Waals surface area contributed by atoms with Gasteiger partial charge in [-0.3, -0.25) is 0 Å². The van der Waals surface area contributed by atoms with Crippen LogP contribution in [-0.4, -0.2) is 42.4 Å². The number of aliphatic hydroxyl groups is 2. The lowest BCUT2D eigenvalue weighted by Gasteiger charge is -1.86. The first kappa shape index (κ1) is 18.4. The lowest BCUT2D eigenvalue weighted by molar-refractivity contribution is -0.114. The highest BCUT2D eigenvalue weighted by molar-refractivity contribution is 5.72. The van der Waals surface area contributed by atoms with E-state index in [1.54, 1.807) is 0 Å². The Bertz CT molecular complexity index is 75.7. The summed E-state index contributed by atoms with van der Waals surface area (Å²) in [5.41, 5.74) is 0. The molecule has 4 nitrogen and oxygen atoms in total. The second kappa shape index (κ2) is 22.6. The van der Waals surface area contributed by atoms with Crippen molar-refractivity contribution in [2.24, 2.45) is 0 Å². The predicted molar refractivity (Wildman–Crippen MR) is 52.7 cm³/mol. The molecule has 0 aromatic rings. The molecule has 0 bridgehead atoms. The summed E-state index contributed by atoms with van der Waals surface area (Å²) < 4.78 is 4.83. The van der Waals surface area contributed by atoms with Gasteiger partial charge < -0.3 is 19.7 Å². The molecule has 0 unspecified atom stereocenters. The highest BCUT2D eigenvalue weighted by Gasteiger charge is 1.64. The van der Waals surface area contributed by atoms with Crippen LogP contribution in [0.25, 0.3) is 0 Å². The topological polar surface area (TPSA) is 66.8 Å². The normalized spacial score (nSPS) is 7.54. The van der Waals surface area contributed by atoms with Gasteiger partial charge in [-0.25, -0.2) is 0 Å². The van der Waals surface area contributed by atoms with E-state index in [2.05, 4.69) is 0 Å². The number of Topliss-reactive ketones (excluding diaryl/α,β-unsaturated/α-hetero) is 1. The molecule has 0 fully saturated rings. The first-order valence-corrected chi connectivity index (χ1v) is 4.33. The molecule has 0 saturated carbocycles. The Kier molecular flexibility index (Phi) is 31.8. The molecule has 0 heterocycles. The van der Waals surface area contributed by atoms with Crippen molar-refractivity contribution < 1.29 is 19.7 Å². The predicted octanol–water partition coefficient (Wildman–Crippen LogP) is 0.609. The highest BCUT2D eigenvalue weighted by atomic mass is 16.5. The summed E-state index contributed by atoms with van der Waals surface area (Å²) in [6.07, 6.45) is 0. The average Bonchev–Trinajstić information content (AvgIpc) is 2.05. The van der Waals surface area contributed by atoms with Crippen LogP contribution in [0.5, 0.6) is 0 Å². The molecule has 0 saturated heterocycles. The number of hydrogen-bond acceptors (Lipinski definition) is 4. The zero-order chi connectivity index (χ0) is 11.1. The standard InChI is InChI=1S/C4H10O.C3H6O.C2H6O2/c1-3-5-4-2;1-3(2)4;3-1-2-4/h3-4H2,1-2H3;1-2H3;3-4H,1-2H2. The van der Waals surface area contributed by atoms with Crippen molar-refractivity contribution in [2.45, 2.75) is 27.7 Å². The number of carbonyl (C=O) groups is 1. The second-order valence-electron chi connectivity index (χ2n) is 2.14. The summed E-state index contributed by atoms with van der Waals surface area (Å²) in [4.78, 5) is 9.44. The molecule has 0 aliphatic heterocycles. The van der Waals surface area contributed by atoms with E-state index in [9.17, 15) is 4.79 Å². The first-order chi connectivity index (χ1) is 6.06. The number of rotatable bonds is 3. The van der Waals surface area contributed by atoms with Crippen molar-refractivity contribution in [3.63, 3.8) is 0 Å². The molecule has 0 aliphatic carbocycles. The number of carbonyl (C=O) groups excluding carboxylic acids is 1. The van der Waals surface area contributed by atoms with Crippen molar-refractivity contribution in [1.29, 1.82) is 0 Å². The fraction of sp³-hybridized carbons (Fsp3) is 0.889. The molecule has 0 radical (unpaired) electrons. The van der Waals surface area contributed by atoms with Gasteiger partial charge in [0.15, 0.2) is 0 Å². The maximum absolute atomic E-state index is 9.44. The lowest BCUT2D eigenvalue weighted by Crippen LogP contribution is -1.85. The van der Waals surface area contributed by atoms with E-state index >= 15 is 0 Å². The Morgan fingerprint density at radius 2 is 1.31 bits per heavy atom. The van der Waals surface area contributed by atoms with E-state index in [-0.39, 0.29) is 19.0 Å². The van der Waals surface area contributed by atoms with E-state index in [4.69, 9.17) is 14.9 Å². The summed E-state index contributed by atoms with van der Waals surface area (Å²) in [6, 6.07) is 0. The van der Waals surface area contributed by atoms with Gasteiger partial charge >= 0.3 is 0 Å². The summed E-state index contributed by atoms with van der Waals surface area (Å²) in [6.45, 7) is 8.47. The molecular formula is C9H22O4.